The highest BCUT2D eigenvalue weighted by Crippen LogP contribution is 2.35. The van der Waals surface area contributed by atoms with Crippen molar-refractivity contribution in [3.05, 3.63) is 80.7 Å². The minimum absolute atomic E-state index is 0.0824. The minimum atomic E-state index is -0.0824. The monoisotopic (exact) mass is 375 g/mol. The third-order valence-corrected chi connectivity index (χ3v) is 5.60. The van der Waals surface area contributed by atoms with Gasteiger partial charge in [-0.3, -0.25) is 4.79 Å². The van der Waals surface area contributed by atoms with Crippen LogP contribution in [0.15, 0.2) is 53.3 Å². The fraction of sp³-hybridized carbons (Fsp3) is 0.182. The van der Waals surface area contributed by atoms with E-state index in [-0.39, 0.29) is 5.56 Å². The Labute approximate surface area is 161 Å². The molecule has 2 aromatic heterocycles. The second kappa shape index (κ2) is 7.00. The summed E-state index contributed by atoms with van der Waals surface area (Å²) in [5.41, 5.74) is 5.37. The number of nitrogens with one attached hydrogen (secondary N) is 2. The zero-order chi connectivity index (χ0) is 19.0. The normalized spacial score (nSPS) is 11.1. The Bertz CT molecular complexity index is 1170. The molecule has 0 aliphatic rings. The van der Waals surface area contributed by atoms with E-state index in [2.05, 4.69) is 60.5 Å². The summed E-state index contributed by atoms with van der Waals surface area (Å²) in [5.74, 6) is 0.644. The van der Waals surface area contributed by atoms with Crippen molar-refractivity contribution in [2.45, 2.75) is 27.3 Å². The molecule has 2 N–H and O–H groups in total. The Hall–Kier alpha value is -2.92. The van der Waals surface area contributed by atoms with E-state index < -0.39 is 0 Å². The molecule has 0 atom stereocenters. The van der Waals surface area contributed by atoms with E-state index in [1.54, 1.807) is 11.3 Å². The van der Waals surface area contributed by atoms with Gasteiger partial charge >= 0.3 is 0 Å². The molecule has 27 heavy (non-hydrogen) atoms. The van der Waals surface area contributed by atoms with Gasteiger partial charge < -0.3 is 10.3 Å². The first-order valence-electron chi connectivity index (χ1n) is 8.91. The second-order valence-electron chi connectivity index (χ2n) is 6.82. The predicted molar refractivity (Wildman–Crippen MR) is 114 cm³/mol. The number of H-pyrrole nitrogens is 1. The number of thiophene rings is 1. The molecule has 4 aromatic rings. The van der Waals surface area contributed by atoms with E-state index in [1.807, 2.05) is 19.1 Å². The Morgan fingerprint density at radius 2 is 1.81 bits per heavy atom. The molecule has 0 saturated carbocycles. The summed E-state index contributed by atoms with van der Waals surface area (Å²) in [5, 5.41) is 4.01. The topological polar surface area (TPSA) is 57.8 Å². The molecule has 0 radical (unpaired) electrons. The van der Waals surface area contributed by atoms with E-state index in [4.69, 9.17) is 4.98 Å². The summed E-state index contributed by atoms with van der Waals surface area (Å²) >= 11 is 1.57. The lowest BCUT2D eigenvalue weighted by Crippen LogP contribution is -2.14. The van der Waals surface area contributed by atoms with Gasteiger partial charge in [0.1, 0.15) is 10.7 Å². The van der Waals surface area contributed by atoms with Gasteiger partial charge in [0.25, 0.3) is 5.56 Å². The lowest BCUT2D eigenvalue weighted by Gasteiger charge is -2.07. The van der Waals surface area contributed by atoms with Gasteiger partial charge in [-0.1, -0.05) is 42.0 Å². The van der Waals surface area contributed by atoms with Crippen molar-refractivity contribution >= 4 is 27.2 Å². The van der Waals surface area contributed by atoms with Crippen molar-refractivity contribution < 1.29 is 0 Å². The third kappa shape index (κ3) is 3.51. The largest absolute Gasteiger partial charge is 0.378 e. The lowest BCUT2D eigenvalue weighted by atomic mass is 10.0. The molecule has 5 heteroatoms. The van der Waals surface area contributed by atoms with Crippen LogP contribution < -0.4 is 10.9 Å². The van der Waals surface area contributed by atoms with Gasteiger partial charge in [0.05, 0.1) is 11.9 Å². The molecule has 0 aliphatic heterocycles. The van der Waals surface area contributed by atoms with Crippen molar-refractivity contribution in [2.24, 2.45) is 0 Å². The van der Waals surface area contributed by atoms with E-state index in [0.717, 1.165) is 26.5 Å². The first-order valence-corrected chi connectivity index (χ1v) is 9.73. The number of hydrogen-bond donors (Lipinski definition) is 2. The van der Waals surface area contributed by atoms with Crippen LogP contribution in [0.25, 0.3) is 21.3 Å². The molecule has 136 valence electrons. The van der Waals surface area contributed by atoms with Crippen molar-refractivity contribution in [2.75, 3.05) is 5.32 Å². The number of anilines is 1. The molecular weight excluding hydrogens is 354 g/mol. The molecule has 4 nitrogen and oxygen atoms in total. The number of rotatable bonds is 4. The molecular formula is C22H21N3OS. The molecule has 0 saturated heterocycles. The third-order valence-electron chi connectivity index (χ3n) is 4.61. The summed E-state index contributed by atoms with van der Waals surface area (Å²) in [6, 6.07) is 16.4. The highest BCUT2D eigenvalue weighted by molar-refractivity contribution is 7.19. The van der Waals surface area contributed by atoms with Gasteiger partial charge in [-0.25, -0.2) is 4.98 Å². The van der Waals surface area contributed by atoms with Crippen LogP contribution in [-0.2, 0) is 6.54 Å². The highest BCUT2D eigenvalue weighted by atomic mass is 32.1. The van der Waals surface area contributed by atoms with E-state index in [0.29, 0.717) is 17.8 Å². The molecule has 0 aliphatic carbocycles. The maximum Gasteiger partial charge on any atom is 0.260 e. The Morgan fingerprint density at radius 1 is 1.04 bits per heavy atom. The lowest BCUT2D eigenvalue weighted by molar-refractivity contribution is 0.957. The second-order valence-corrected chi connectivity index (χ2v) is 8.02. The van der Waals surface area contributed by atoms with Crippen LogP contribution >= 0.6 is 11.3 Å². The Balaban J connectivity index is 1.70. The average molecular weight is 375 g/mol. The highest BCUT2D eigenvalue weighted by Gasteiger charge is 2.16. The molecule has 0 bridgehead atoms. The van der Waals surface area contributed by atoms with Crippen LogP contribution in [0.4, 0.5) is 5.69 Å². The van der Waals surface area contributed by atoms with Crippen molar-refractivity contribution in [1.29, 1.82) is 0 Å². The van der Waals surface area contributed by atoms with E-state index in [1.165, 1.54) is 11.1 Å². The zero-order valence-electron chi connectivity index (χ0n) is 15.6. The number of hydrogen-bond acceptors (Lipinski definition) is 4. The first kappa shape index (κ1) is 17.5. The fourth-order valence-electron chi connectivity index (χ4n) is 3.26. The number of aromatic nitrogens is 2. The molecule has 0 spiro atoms. The van der Waals surface area contributed by atoms with Gasteiger partial charge in [-0.15, -0.1) is 11.3 Å². The molecule has 2 heterocycles. The minimum Gasteiger partial charge on any atom is -0.378 e. The maximum absolute atomic E-state index is 12.8. The molecule has 0 unspecified atom stereocenters. The summed E-state index contributed by atoms with van der Waals surface area (Å²) in [6.07, 6.45) is 0. The Kier molecular flexibility index (Phi) is 4.54. The number of aromatic amines is 1. The summed E-state index contributed by atoms with van der Waals surface area (Å²) in [6.45, 7) is 6.64. The smallest absolute Gasteiger partial charge is 0.260 e. The summed E-state index contributed by atoms with van der Waals surface area (Å²) in [4.78, 5) is 22.4. The van der Waals surface area contributed by atoms with Gasteiger partial charge in [0.15, 0.2) is 0 Å². The summed E-state index contributed by atoms with van der Waals surface area (Å²) < 4.78 is 0. The van der Waals surface area contributed by atoms with Crippen molar-refractivity contribution in [1.82, 2.24) is 9.97 Å². The molecule has 4 rings (SSSR count). The zero-order valence-corrected chi connectivity index (χ0v) is 16.4. The number of nitrogens with zero attached hydrogens (tertiary/aromatic N) is 1. The van der Waals surface area contributed by atoms with Gasteiger partial charge in [-0.2, -0.15) is 0 Å². The number of benzene rings is 2. The number of aryl methyl sites for hydroxylation is 3. The number of fused-ring (bicyclic) bond motifs is 1. The van der Waals surface area contributed by atoms with Crippen LogP contribution in [0, 0.1) is 20.8 Å². The van der Waals surface area contributed by atoms with Crippen LogP contribution in [0.3, 0.4) is 0 Å². The van der Waals surface area contributed by atoms with Crippen LogP contribution in [0.2, 0.25) is 0 Å². The van der Waals surface area contributed by atoms with Crippen molar-refractivity contribution in [3.63, 3.8) is 0 Å². The fourth-order valence-corrected chi connectivity index (χ4v) is 4.32. The standard InChI is InChI=1S/C22H21N3OS/c1-13-7-9-16(10-8-13)19-15(3)27-22-20(19)21(26)24-18(25-22)12-23-17-6-4-5-14(2)11-17/h4-11,23H,12H2,1-3H3,(H,24,25,26). The predicted octanol–water partition coefficient (Wildman–Crippen LogP) is 5.19. The van der Waals surface area contributed by atoms with Crippen LogP contribution in [0.5, 0.6) is 0 Å². The average Bonchev–Trinajstić information content (AvgIpc) is 2.97. The van der Waals surface area contributed by atoms with Gasteiger partial charge in [0.2, 0.25) is 0 Å². The van der Waals surface area contributed by atoms with Crippen molar-refractivity contribution in [3.8, 4) is 11.1 Å². The Morgan fingerprint density at radius 3 is 2.56 bits per heavy atom. The van der Waals surface area contributed by atoms with Gasteiger partial charge in [-0.05, 0) is 44.0 Å². The molecule has 0 fully saturated rings. The van der Waals surface area contributed by atoms with E-state index in [9.17, 15) is 4.79 Å². The molecule has 0 amide bonds. The first-order chi connectivity index (χ1) is 13.0. The quantitative estimate of drug-likeness (QED) is 0.516. The SMILES string of the molecule is Cc1ccc(-c2c(C)sc3nc(CNc4cccc(C)c4)[nH]c(=O)c23)cc1. The van der Waals surface area contributed by atoms with Gasteiger partial charge in [0, 0.05) is 16.1 Å². The summed E-state index contributed by atoms with van der Waals surface area (Å²) in [7, 11) is 0. The van der Waals surface area contributed by atoms with Crippen LogP contribution in [0.1, 0.15) is 21.8 Å². The molecule has 2 aromatic carbocycles. The van der Waals surface area contributed by atoms with Crippen LogP contribution in [-0.4, -0.2) is 9.97 Å². The maximum atomic E-state index is 12.8. The van der Waals surface area contributed by atoms with E-state index >= 15 is 0 Å².